The molecule has 0 bridgehead atoms. The zero-order chi connectivity index (χ0) is 15.4. The Hall–Kier alpha value is -1.67. The molecular formula is C13H16N4O2S2. The summed E-state index contributed by atoms with van der Waals surface area (Å²) in [7, 11) is 0. The van der Waals surface area contributed by atoms with E-state index < -0.39 is 0 Å². The molecule has 0 aliphatic carbocycles. The van der Waals surface area contributed by atoms with Crippen molar-refractivity contribution < 1.29 is 4.79 Å². The van der Waals surface area contributed by atoms with Gasteiger partial charge in [0.1, 0.15) is 0 Å². The van der Waals surface area contributed by atoms with Crippen LogP contribution in [-0.2, 0) is 11.2 Å². The number of amides is 1. The second-order valence-electron chi connectivity index (χ2n) is 4.43. The molecule has 2 rings (SSSR count). The number of aromatic amines is 1. The van der Waals surface area contributed by atoms with Crippen LogP contribution in [0.1, 0.15) is 23.9 Å². The summed E-state index contributed by atoms with van der Waals surface area (Å²) in [6, 6.07) is 0. The SMILES string of the molecule is CCc1nc(SCC(=O)Nc2nc(C)cs2)[nH]c(=O)c1C. The molecule has 8 heteroatoms. The Morgan fingerprint density at radius 2 is 2.19 bits per heavy atom. The standard InChI is InChI=1S/C13H16N4O2S2/c1-4-9-8(3)11(19)17-13(15-9)21-6-10(18)16-12-14-7(2)5-20-12/h5H,4,6H2,1-3H3,(H,14,16,18)(H,15,17,19). The number of anilines is 1. The minimum Gasteiger partial charge on any atom is -0.301 e. The topological polar surface area (TPSA) is 87.7 Å². The fraction of sp³-hybridized carbons (Fsp3) is 0.385. The Kier molecular flexibility index (Phi) is 5.13. The molecule has 112 valence electrons. The van der Waals surface area contributed by atoms with Gasteiger partial charge in [-0.05, 0) is 20.3 Å². The molecule has 2 heterocycles. The summed E-state index contributed by atoms with van der Waals surface area (Å²) in [6.07, 6.45) is 0.688. The zero-order valence-electron chi connectivity index (χ0n) is 12.0. The summed E-state index contributed by atoms with van der Waals surface area (Å²) in [5, 5.41) is 5.63. The minimum atomic E-state index is -0.171. The molecule has 0 unspecified atom stereocenters. The third-order valence-electron chi connectivity index (χ3n) is 2.77. The van der Waals surface area contributed by atoms with Gasteiger partial charge in [0.15, 0.2) is 10.3 Å². The van der Waals surface area contributed by atoms with Crippen LogP contribution in [-0.4, -0.2) is 26.6 Å². The Balaban J connectivity index is 1.98. The van der Waals surface area contributed by atoms with E-state index in [1.807, 2.05) is 19.2 Å². The van der Waals surface area contributed by atoms with Gasteiger partial charge in [-0.25, -0.2) is 9.97 Å². The number of nitrogens with one attached hydrogen (secondary N) is 2. The van der Waals surface area contributed by atoms with E-state index in [1.165, 1.54) is 23.1 Å². The number of carbonyl (C=O) groups is 1. The summed E-state index contributed by atoms with van der Waals surface area (Å²) < 4.78 is 0. The predicted octanol–water partition coefficient (Wildman–Crippen LogP) is 2.14. The molecule has 0 radical (unpaired) electrons. The highest BCUT2D eigenvalue weighted by molar-refractivity contribution is 7.99. The number of thioether (sulfide) groups is 1. The number of H-pyrrole nitrogens is 1. The van der Waals surface area contributed by atoms with Crippen molar-refractivity contribution in [2.75, 3.05) is 11.1 Å². The van der Waals surface area contributed by atoms with Crippen molar-refractivity contribution in [1.29, 1.82) is 0 Å². The number of hydrogen-bond donors (Lipinski definition) is 2. The van der Waals surface area contributed by atoms with E-state index in [4.69, 9.17) is 0 Å². The number of rotatable bonds is 5. The fourth-order valence-corrected chi connectivity index (χ4v) is 3.05. The minimum absolute atomic E-state index is 0.152. The first-order chi connectivity index (χ1) is 9.99. The second-order valence-corrected chi connectivity index (χ2v) is 6.25. The summed E-state index contributed by atoms with van der Waals surface area (Å²) in [4.78, 5) is 34.7. The molecule has 2 aromatic heterocycles. The number of nitrogens with zero attached hydrogens (tertiary/aromatic N) is 2. The third-order valence-corrected chi connectivity index (χ3v) is 4.52. The third kappa shape index (κ3) is 4.15. The van der Waals surface area contributed by atoms with Crippen molar-refractivity contribution in [3.8, 4) is 0 Å². The second kappa shape index (κ2) is 6.86. The molecule has 0 aliphatic rings. The van der Waals surface area contributed by atoms with Crippen molar-refractivity contribution in [2.45, 2.75) is 32.3 Å². The van der Waals surface area contributed by atoms with E-state index in [2.05, 4.69) is 20.3 Å². The lowest BCUT2D eigenvalue weighted by molar-refractivity contribution is -0.113. The van der Waals surface area contributed by atoms with Gasteiger partial charge in [0, 0.05) is 10.9 Å². The Morgan fingerprint density at radius 3 is 2.81 bits per heavy atom. The number of aromatic nitrogens is 3. The lowest BCUT2D eigenvalue weighted by Gasteiger charge is -2.05. The number of hydrogen-bond acceptors (Lipinski definition) is 6. The van der Waals surface area contributed by atoms with Crippen molar-refractivity contribution >= 4 is 34.1 Å². The summed E-state index contributed by atoms with van der Waals surface area (Å²) in [5.41, 5.74) is 2.11. The van der Waals surface area contributed by atoms with Gasteiger partial charge in [-0.1, -0.05) is 18.7 Å². The molecule has 0 aliphatic heterocycles. The monoisotopic (exact) mass is 324 g/mol. The predicted molar refractivity (Wildman–Crippen MR) is 85.2 cm³/mol. The van der Waals surface area contributed by atoms with Gasteiger partial charge in [0.2, 0.25) is 5.91 Å². The summed E-state index contributed by atoms with van der Waals surface area (Å²) in [6.45, 7) is 5.56. The quantitative estimate of drug-likeness (QED) is 0.650. The van der Waals surface area contributed by atoms with Crippen LogP contribution in [0.25, 0.3) is 0 Å². The summed E-state index contributed by atoms with van der Waals surface area (Å²) in [5.74, 6) is 0.00367. The molecule has 0 aromatic carbocycles. The van der Waals surface area contributed by atoms with Crippen LogP contribution >= 0.6 is 23.1 Å². The molecule has 2 aromatic rings. The molecule has 0 atom stereocenters. The van der Waals surface area contributed by atoms with Crippen LogP contribution in [0.15, 0.2) is 15.3 Å². The van der Waals surface area contributed by atoms with Crippen LogP contribution in [0, 0.1) is 13.8 Å². The highest BCUT2D eigenvalue weighted by Gasteiger charge is 2.10. The van der Waals surface area contributed by atoms with Crippen molar-refractivity contribution in [2.24, 2.45) is 0 Å². The summed E-state index contributed by atoms with van der Waals surface area (Å²) >= 11 is 2.59. The molecule has 6 nitrogen and oxygen atoms in total. The van der Waals surface area contributed by atoms with Gasteiger partial charge < -0.3 is 10.3 Å². The van der Waals surface area contributed by atoms with Crippen molar-refractivity contribution in [1.82, 2.24) is 15.0 Å². The molecular weight excluding hydrogens is 308 g/mol. The van der Waals surface area contributed by atoms with E-state index in [9.17, 15) is 9.59 Å². The average Bonchev–Trinajstić information content (AvgIpc) is 2.85. The van der Waals surface area contributed by atoms with E-state index in [0.29, 0.717) is 22.3 Å². The van der Waals surface area contributed by atoms with E-state index >= 15 is 0 Å². The van der Waals surface area contributed by atoms with E-state index in [-0.39, 0.29) is 17.2 Å². The average molecular weight is 324 g/mol. The fourth-order valence-electron chi connectivity index (χ4n) is 1.67. The zero-order valence-corrected chi connectivity index (χ0v) is 13.7. The Bertz CT molecular complexity index is 708. The van der Waals surface area contributed by atoms with E-state index in [1.54, 1.807) is 6.92 Å². The van der Waals surface area contributed by atoms with Crippen molar-refractivity contribution in [3.63, 3.8) is 0 Å². The molecule has 21 heavy (non-hydrogen) atoms. The van der Waals surface area contributed by atoms with Crippen LogP contribution < -0.4 is 10.9 Å². The van der Waals surface area contributed by atoms with Gasteiger partial charge in [-0.3, -0.25) is 9.59 Å². The lowest BCUT2D eigenvalue weighted by atomic mass is 10.2. The molecule has 0 spiro atoms. The molecule has 0 fully saturated rings. The first kappa shape index (κ1) is 15.7. The smallest absolute Gasteiger partial charge is 0.254 e. The molecule has 2 N–H and O–H groups in total. The van der Waals surface area contributed by atoms with Gasteiger partial charge in [0.25, 0.3) is 5.56 Å². The molecule has 0 saturated carbocycles. The maximum atomic E-state index is 11.8. The Morgan fingerprint density at radius 1 is 1.43 bits per heavy atom. The normalized spacial score (nSPS) is 10.6. The van der Waals surface area contributed by atoms with Crippen LogP contribution in [0.4, 0.5) is 5.13 Å². The maximum Gasteiger partial charge on any atom is 0.254 e. The number of aryl methyl sites for hydroxylation is 2. The van der Waals surface area contributed by atoms with Gasteiger partial charge in [0.05, 0.1) is 17.1 Å². The highest BCUT2D eigenvalue weighted by atomic mass is 32.2. The van der Waals surface area contributed by atoms with Crippen LogP contribution in [0.3, 0.4) is 0 Å². The lowest BCUT2D eigenvalue weighted by Crippen LogP contribution is -2.17. The van der Waals surface area contributed by atoms with Gasteiger partial charge >= 0.3 is 0 Å². The number of thiazole rings is 1. The first-order valence-corrected chi connectivity index (χ1v) is 8.30. The molecule has 1 amide bonds. The van der Waals surface area contributed by atoms with Gasteiger partial charge in [-0.2, -0.15) is 0 Å². The Labute approximate surface area is 130 Å². The molecule has 0 saturated heterocycles. The van der Waals surface area contributed by atoms with Crippen LogP contribution in [0.2, 0.25) is 0 Å². The largest absolute Gasteiger partial charge is 0.301 e. The van der Waals surface area contributed by atoms with Crippen molar-refractivity contribution in [3.05, 3.63) is 32.7 Å². The highest BCUT2D eigenvalue weighted by Crippen LogP contribution is 2.17. The maximum absolute atomic E-state index is 11.8. The van der Waals surface area contributed by atoms with E-state index in [0.717, 1.165) is 11.4 Å². The van der Waals surface area contributed by atoms with Gasteiger partial charge in [-0.15, -0.1) is 11.3 Å². The number of carbonyl (C=O) groups excluding carboxylic acids is 1. The first-order valence-electron chi connectivity index (χ1n) is 6.44. The van der Waals surface area contributed by atoms with Crippen LogP contribution in [0.5, 0.6) is 0 Å².